The Labute approximate surface area is 161 Å². The number of amides is 1. The lowest BCUT2D eigenvalue weighted by Gasteiger charge is -2.43. The molecule has 140 valence electrons. The van der Waals surface area contributed by atoms with Gasteiger partial charge >= 0.3 is 0 Å². The first kappa shape index (κ1) is 19.0. The fourth-order valence-electron chi connectivity index (χ4n) is 3.81. The lowest BCUT2D eigenvalue weighted by molar-refractivity contribution is -0.119. The first-order valence-corrected chi connectivity index (χ1v) is 8.50. The maximum absolute atomic E-state index is 11.0. The summed E-state index contributed by atoms with van der Waals surface area (Å²) < 4.78 is 10.9. The number of benzene rings is 1. The highest BCUT2D eigenvalue weighted by Gasteiger charge is 2.54. The van der Waals surface area contributed by atoms with Gasteiger partial charge in [0.15, 0.2) is 12.0 Å². The van der Waals surface area contributed by atoms with Crippen LogP contribution in [-0.2, 0) is 9.53 Å². The summed E-state index contributed by atoms with van der Waals surface area (Å²) in [6.45, 7) is 0.269. The van der Waals surface area contributed by atoms with Gasteiger partial charge in [0.25, 0.3) is 5.91 Å². The predicted octanol–water partition coefficient (Wildman–Crippen LogP) is 0.991. The normalized spacial score (nSPS) is 22.7. The van der Waals surface area contributed by atoms with Gasteiger partial charge in [0.05, 0.1) is 36.6 Å². The van der Waals surface area contributed by atoms with Crippen molar-refractivity contribution in [3.05, 3.63) is 52.7 Å². The first-order valence-electron chi connectivity index (χ1n) is 8.50. The van der Waals surface area contributed by atoms with Gasteiger partial charge in [0, 0.05) is 11.8 Å². The number of rotatable bonds is 4. The lowest BCUT2D eigenvalue weighted by atomic mass is 9.58. The van der Waals surface area contributed by atoms with Gasteiger partial charge < -0.3 is 20.9 Å². The second-order valence-corrected chi connectivity index (χ2v) is 6.54. The Morgan fingerprint density at radius 2 is 2.07 bits per heavy atom. The molecule has 0 fully saturated rings. The summed E-state index contributed by atoms with van der Waals surface area (Å²) in [5, 5.41) is 29.5. The molecule has 0 unspecified atom stereocenters. The van der Waals surface area contributed by atoms with E-state index in [1.54, 1.807) is 30.3 Å². The van der Waals surface area contributed by atoms with E-state index < -0.39 is 23.2 Å². The van der Waals surface area contributed by atoms with E-state index >= 15 is 0 Å². The van der Waals surface area contributed by atoms with Crippen LogP contribution < -0.4 is 16.2 Å². The van der Waals surface area contributed by atoms with Crippen LogP contribution >= 0.6 is 0 Å². The maximum atomic E-state index is 11.0. The minimum atomic E-state index is -1.74. The van der Waals surface area contributed by atoms with Gasteiger partial charge in [0.1, 0.15) is 11.8 Å². The lowest BCUT2D eigenvalue weighted by Crippen LogP contribution is -2.44. The number of allylic oxidation sites excluding steroid dienone is 2. The molecule has 8 heteroatoms. The molecule has 1 amide bonds. The molecular formula is C20H17N5O3. The van der Waals surface area contributed by atoms with Crippen LogP contribution in [0.4, 0.5) is 0 Å². The van der Waals surface area contributed by atoms with Gasteiger partial charge in [-0.1, -0.05) is 18.2 Å². The Morgan fingerprint density at radius 1 is 1.32 bits per heavy atom. The third kappa shape index (κ3) is 2.95. The van der Waals surface area contributed by atoms with Crippen molar-refractivity contribution >= 4 is 5.91 Å². The van der Waals surface area contributed by atoms with Crippen LogP contribution in [0.1, 0.15) is 11.5 Å². The molecule has 1 aromatic rings. The Bertz CT molecular complexity index is 992. The van der Waals surface area contributed by atoms with Crippen LogP contribution in [0.15, 0.2) is 47.2 Å². The number of primary amides is 1. The number of nitrogens with zero attached hydrogens (tertiary/aromatic N) is 3. The number of hydrogen-bond acceptors (Lipinski definition) is 7. The molecule has 1 heterocycles. The van der Waals surface area contributed by atoms with Crippen LogP contribution in [0, 0.1) is 45.3 Å². The summed E-state index contributed by atoms with van der Waals surface area (Å²) in [7, 11) is 0. The van der Waals surface area contributed by atoms with Crippen molar-refractivity contribution in [1.82, 2.24) is 0 Å². The number of nitrogens with two attached hydrogens (primary N) is 2. The van der Waals surface area contributed by atoms with Crippen LogP contribution in [0.25, 0.3) is 0 Å². The molecule has 0 spiro atoms. The molecule has 1 aliphatic carbocycles. The SMILES string of the molecule is N#CC1=C(N)C(C#N)(C#N)[C@@H](c2cccc(OCC(N)=O)c2)[C@@H]2COCC=C12. The highest BCUT2D eigenvalue weighted by atomic mass is 16.5. The van der Waals surface area contributed by atoms with Crippen molar-refractivity contribution in [2.75, 3.05) is 19.8 Å². The molecule has 2 atom stereocenters. The Hall–Kier alpha value is -3.80. The average molecular weight is 375 g/mol. The van der Waals surface area contributed by atoms with Crippen LogP contribution in [0.2, 0.25) is 0 Å². The second-order valence-electron chi connectivity index (χ2n) is 6.54. The molecule has 0 aromatic heterocycles. The van der Waals surface area contributed by atoms with Crippen LogP contribution in [-0.4, -0.2) is 25.7 Å². The molecular weight excluding hydrogens is 358 g/mol. The van der Waals surface area contributed by atoms with Crippen molar-refractivity contribution in [1.29, 1.82) is 15.8 Å². The Kier molecular flexibility index (Phi) is 5.04. The third-order valence-electron chi connectivity index (χ3n) is 5.03. The molecule has 0 radical (unpaired) electrons. The van der Waals surface area contributed by atoms with E-state index in [9.17, 15) is 20.6 Å². The monoisotopic (exact) mass is 375 g/mol. The molecule has 2 aliphatic rings. The quantitative estimate of drug-likeness (QED) is 0.793. The predicted molar refractivity (Wildman–Crippen MR) is 96.7 cm³/mol. The van der Waals surface area contributed by atoms with E-state index in [1.165, 1.54) is 0 Å². The van der Waals surface area contributed by atoms with E-state index in [0.717, 1.165) is 0 Å². The number of nitriles is 3. The Morgan fingerprint density at radius 3 is 2.71 bits per heavy atom. The fraction of sp³-hybridized carbons (Fsp3) is 0.300. The second kappa shape index (κ2) is 7.44. The van der Waals surface area contributed by atoms with Crippen LogP contribution in [0.5, 0.6) is 5.75 Å². The van der Waals surface area contributed by atoms with Crippen molar-refractivity contribution in [3.63, 3.8) is 0 Å². The van der Waals surface area contributed by atoms with Gasteiger partial charge in [-0.25, -0.2) is 0 Å². The average Bonchev–Trinajstić information content (AvgIpc) is 2.71. The Balaban J connectivity index is 2.18. The molecule has 1 aliphatic heterocycles. The summed E-state index contributed by atoms with van der Waals surface area (Å²) >= 11 is 0. The first-order chi connectivity index (χ1) is 13.5. The highest BCUT2D eigenvalue weighted by Crippen LogP contribution is 2.54. The summed E-state index contributed by atoms with van der Waals surface area (Å²) in [6, 6.07) is 12.9. The summed E-state index contributed by atoms with van der Waals surface area (Å²) in [5.74, 6) is -1.33. The van der Waals surface area contributed by atoms with Gasteiger partial charge in [-0.15, -0.1) is 0 Å². The number of ether oxygens (including phenoxy) is 2. The highest BCUT2D eigenvalue weighted by molar-refractivity contribution is 5.75. The fourth-order valence-corrected chi connectivity index (χ4v) is 3.81. The van der Waals surface area contributed by atoms with Crippen molar-refractivity contribution < 1.29 is 14.3 Å². The van der Waals surface area contributed by atoms with E-state index in [2.05, 4.69) is 0 Å². The number of fused-ring (bicyclic) bond motifs is 1. The molecule has 4 N–H and O–H groups in total. The maximum Gasteiger partial charge on any atom is 0.255 e. The standard InChI is InChI=1S/C20H17N5O3/c21-7-15-14-4-5-27-8-16(14)18(20(10-22,11-23)19(15)25)12-2-1-3-13(6-12)28-9-17(24)26/h1-4,6,16,18H,5,8-9,25H2,(H2,24,26)/t16-,18+/m1/s1. The van der Waals surface area contributed by atoms with Gasteiger partial charge in [-0.2, -0.15) is 15.8 Å². The number of carbonyl (C=O) groups excluding carboxylic acids is 1. The smallest absolute Gasteiger partial charge is 0.255 e. The van der Waals surface area contributed by atoms with E-state index in [0.29, 0.717) is 23.5 Å². The van der Waals surface area contributed by atoms with E-state index in [1.807, 2.05) is 18.2 Å². The third-order valence-corrected chi connectivity index (χ3v) is 5.03. The van der Waals surface area contributed by atoms with Gasteiger partial charge in [-0.3, -0.25) is 4.79 Å². The number of hydrogen-bond donors (Lipinski definition) is 2. The molecule has 0 bridgehead atoms. The number of carbonyl (C=O) groups is 1. The summed E-state index contributed by atoms with van der Waals surface area (Å²) in [6.07, 6.45) is 1.76. The molecule has 0 saturated carbocycles. The molecule has 3 rings (SSSR count). The van der Waals surface area contributed by atoms with E-state index in [-0.39, 0.29) is 24.5 Å². The molecule has 8 nitrogen and oxygen atoms in total. The van der Waals surface area contributed by atoms with Crippen molar-refractivity contribution in [2.45, 2.75) is 5.92 Å². The minimum Gasteiger partial charge on any atom is -0.484 e. The molecule has 1 aromatic carbocycles. The molecule has 28 heavy (non-hydrogen) atoms. The van der Waals surface area contributed by atoms with Gasteiger partial charge in [-0.05, 0) is 23.3 Å². The van der Waals surface area contributed by atoms with Gasteiger partial charge in [0.2, 0.25) is 0 Å². The zero-order valence-electron chi connectivity index (χ0n) is 14.9. The van der Waals surface area contributed by atoms with Crippen molar-refractivity contribution in [2.24, 2.45) is 22.8 Å². The molecule has 0 saturated heterocycles. The largest absolute Gasteiger partial charge is 0.484 e. The topological polar surface area (TPSA) is 159 Å². The summed E-state index contributed by atoms with van der Waals surface area (Å²) in [5.41, 5.74) is 11.0. The van der Waals surface area contributed by atoms with Crippen molar-refractivity contribution in [3.8, 4) is 24.0 Å². The minimum absolute atomic E-state index is 0.0575. The zero-order valence-corrected chi connectivity index (χ0v) is 14.9. The zero-order chi connectivity index (χ0) is 20.3. The van der Waals surface area contributed by atoms with Crippen LogP contribution in [0.3, 0.4) is 0 Å². The summed E-state index contributed by atoms with van der Waals surface area (Å²) in [4.78, 5) is 11.0. The van der Waals surface area contributed by atoms with E-state index in [4.69, 9.17) is 20.9 Å².